The summed E-state index contributed by atoms with van der Waals surface area (Å²) in [6, 6.07) is 8.57. The van der Waals surface area contributed by atoms with Crippen LogP contribution in [-0.4, -0.2) is 6.26 Å². The zero-order valence-electron chi connectivity index (χ0n) is 8.79. The average molecular weight is 284 g/mol. The monoisotopic (exact) mass is 283 g/mol. The number of nitriles is 2. The van der Waals surface area contributed by atoms with Gasteiger partial charge in [0.25, 0.3) is 0 Å². The molecule has 0 aliphatic carbocycles. The van der Waals surface area contributed by atoms with E-state index < -0.39 is 0 Å². The van der Waals surface area contributed by atoms with Crippen molar-refractivity contribution in [2.45, 2.75) is 0 Å². The standard InChI is InChI=1S/C11H7Cl2N3S/c1-17-11(7(5-14)6-15)16-10-3-8(12)2-9(13)4-10/h2-4,16H,1H3. The summed E-state index contributed by atoms with van der Waals surface area (Å²) < 4.78 is 0. The van der Waals surface area contributed by atoms with E-state index in [1.807, 2.05) is 12.1 Å². The number of nitrogens with one attached hydrogen (secondary N) is 1. The number of rotatable bonds is 3. The maximum atomic E-state index is 8.78. The Morgan fingerprint density at radius 1 is 1.18 bits per heavy atom. The minimum atomic E-state index is 0.0218. The Hall–Kier alpha value is -1.33. The number of thioether (sulfide) groups is 1. The molecule has 0 aromatic heterocycles. The maximum Gasteiger partial charge on any atom is 0.159 e. The van der Waals surface area contributed by atoms with Crippen molar-refractivity contribution in [1.29, 1.82) is 10.5 Å². The second-order valence-corrected chi connectivity index (χ2v) is 4.60. The van der Waals surface area contributed by atoms with Gasteiger partial charge in [-0.15, -0.1) is 11.8 Å². The second kappa shape index (κ2) is 6.42. The molecule has 1 rings (SSSR count). The summed E-state index contributed by atoms with van der Waals surface area (Å²) in [5.74, 6) is 0. The molecule has 0 atom stereocenters. The van der Waals surface area contributed by atoms with Gasteiger partial charge < -0.3 is 5.32 Å². The van der Waals surface area contributed by atoms with Crippen LogP contribution in [0.15, 0.2) is 28.8 Å². The molecule has 6 heteroatoms. The van der Waals surface area contributed by atoms with Crippen molar-refractivity contribution in [3.05, 3.63) is 38.8 Å². The number of hydrogen-bond acceptors (Lipinski definition) is 4. The molecule has 1 aromatic rings. The van der Waals surface area contributed by atoms with E-state index in [9.17, 15) is 0 Å². The van der Waals surface area contributed by atoms with Crippen LogP contribution < -0.4 is 5.32 Å². The zero-order valence-corrected chi connectivity index (χ0v) is 11.1. The number of allylic oxidation sites excluding steroid dienone is 1. The predicted molar refractivity (Wildman–Crippen MR) is 71.9 cm³/mol. The molecule has 17 heavy (non-hydrogen) atoms. The van der Waals surface area contributed by atoms with E-state index in [1.54, 1.807) is 24.5 Å². The van der Waals surface area contributed by atoms with Gasteiger partial charge in [0.1, 0.15) is 17.2 Å². The quantitative estimate of drug-likeness (QED) is 0.851. The fourth-order valence-electron chi connectivity index (χ4n) is 1.10. The lowest BCUT2D eigenvalue weighted by molar-refractivity contribution is 1.43. The van der Waals surface area contributed by atoms with Crippen molar-refractivity contribution in [2.75, 3.05) is 11.6 Å². The van der Waals surface area contributed by atoms with E-state index in [0.717, 1.165) is 0 Å². The number of hydrogen-bond donors (Lipinski definition) is 1. The smallest absolute Gasteiger partial charge is 0.159 e. The molecule has 0 radical (unpaired) electrons. The normalized spacial score (nSPS) is 9.00. The molecule has 3 nitrogen and oxygen atoms in total. The van der Waals surface area contributed by atoms with Crippen LogP contribution in [0.4, 0.5) is 5.69 Å². The van der Waals surface area contributed by atoms with Gasteiger partial charge in [-0.2, -0.15) is 10.5 Å². The predicted octanol–water partition coefficient (Wildman–Crippen LogP) is 4.03. The van der Waals surface area contributed by atoms with Gasteiger partial charge in [0, 0.05) is 15.7 Å². The van der Waals surface area contributed by atoms with Gasteiger partial charge in [0.05, 0.1) is 0 Å². The molecule has 0 bridgehead atoms. The molecular formula is C11H7Cl2N3S. The first-order valence-electron chi connectivity index (χ1n) is 4.42. The Kier molecular flexibility index (Phi) is 5.18. The lowest BCUT2D eigenvalue weighted by Gasteiger charge is -2.09. The largest absolute Gasteiger partial charge is 0.348 e. The fraction of sp³-hybridized carbons (Fsp3) is 0.0909. The number of halogens is 2. The molecule has 0 amide bonds. The van der Waals surface area contributed by atoms with Gasteiger partial charge in [-0.25, -0.2) is 0 Å². The molecule has 0 spiro atoms. The van der Waals surface area contributed by atoms with Crippen molar-refractivity contribution >= 4 is 40.7 Å². The third-order valence-electron chi connectivity index (χ3n) is 1.78. The minimum absolute atomic E-state index is 0.0218. The minimum Gasteiger partial charge on any atom is -0.348 e. The lowest BCUT2D eigenvalue weighted by Crippen LogP contribution is -1.98. The van der Waals surface area contributed by atoms with Crippen LogP contribution in [-0.2, 0) is 0 Å². The Morgan fingerprint density at radius 3 is 2.12 bits per heavy atom. The molecule has 0 fully saturated rings. The topological polar surface area (TPSA) is 59.6 Å². The SMILES string of the molecule is CSC(Nc1cc(Cl)cc(Cl)c1)=C(C#N)C#N. The highest BCUT2D eigenvalue weighted by Crippen LogP contribution is 2.26. The molecule has 0 saturated carbocycles. The molecule has 1 aromatic carbocycles. The van der Waals surface area contributed by atoms with Gasteiger partial charge in [0.2, 0.25) is 0 Å². The zero-order chi connectivity index (χ0) is 12.8. The summed E-state index contributed by atoms with van der Waals surface area (Å²) in [4.78, 5) is 0. The number of nitrogens with zero attached hydrogens (tertiary/aromatic N) is 2. The highest BCUT2D eigenvalue weighted by Gasteiger charge is 2.06. The molecule has 0 aliphatic rings. The van der Waals surface area contributed by atoms with Crippen molar-refractivity contribution in [1.82, 2.24) is 0 Å². The summed E-state index contributed by atoms with van der Waals surface area (Å²) in [5, 5.41) is 21.9. The van der Waals surface area contributed by atoms with Gasteiger partial charge in [-0.05, 0) is 24.5 Å². The Bertz CT molecular complexity index is 504. The van der Waals surface area contributed by atoms with E-state index in [4.69, 9.17) is 33.7 Å². The third-order valence-corrected chi connectivity index (χ3v) is 2.93. The maximum absolute atomic E-state index is 8.78. The van der Waals surface area contributed by atoms with Gasteiger partial charge in [-0.3, -0.25) is 0 Å². The van der Waals surface area contributed by atoms with Gasteiger partial charge in [0.15, 0.2) is 5.57 Å². The summed E-state index contributed by atoms with van der Waals surface area (Å²) in [6.07, 6.45) is 1.77. The molecule has 0 unspecified atom stereocenters. The van der Waals surface area contributed by atoms with E-state index >= 15 is 0 Å². The van der Waals surface area contributed by atoms with Crippen molar-refractivity contribution in [3.8, 4) is 12.1 Å². The van der Waals surface area contributed by atoms with Crippen LogP contribution in [0.3, 0.4) is 0 Å². The van der Waals surface area contributed by atoms with Gasteiger partial charge >= 0.3 is 0 Å². The summed E-state index contributed by atoms with van der Waals surface area (Å²) in [5.41, 5.74) is 0.656. The van der Waals surface area contributed by atoms with Crippen LogP contribution in [0.1, 0.15) is 0 Å². The molecule has 0 saturated heterocycles. The first-order chi connectivity index (χ1) is 8.10. The third kappa shape index (κ3) is 3.87. The van der Waals surface area contributed by atoms with Crippen LogP contribution in [0, 0.1) is 22.7 Å². The molecule has 1 N–H and O–H groups in total. The van der Waals surface area contributed by atoms with Crippen molar-refractivity contribution in [3.63, 3.8) is 0 Å². The first kappa shape index (κ1) is 13.7. The van der Waals surface area contributed by atoms with E-state index in [1.165, 1.54) is 11.8 Å². The van der Waals surface area contributed by atoms with E-state index in [0.29, 0.717) is 20.8 Å². The van der Waals surface area contributed by atoms with Crippen molar-refractivity contribution < 1.29 is 0 Å². The molecule has 0 aliphatic heterocycles. The summed E-state index contributed by atoms with van der Waals surface area (Å²) in [6.45, 7) is 0. The van der Waals surface area contributed by atoms with E-state index in [2.05, 4.69) is 5.32 Å². The van der Waals surface area contributed by atoms with Crippen LogP contribution in [0.5, 0.6) is 0 Å². The Balaban J connectivity index is 3.09. The number of anilines is 1. The van der Waals surface area contributed by atoms with Gasteiger partial charge in [-0.1, -0.05) is 23.2 Å². The first-order valence-corrected chi connectivity index (χ1v) is 6.40. The van der Waals surface area contributed by atoms with Crippen LogP contribution >= 0.6 is 35.0 Å². The highest BCUT2D eigenvalue weighted by atomic mass is 35.5. The fourth-order valence-corrected chi connectivity index (χ4v) is 2.14. The number of benzene rings is 1. The highest BCUT2D eigenvalue weighted by molar-refractivity contribution is 8.02. The average Bonchev–Trinajstić information content (AvgIpc) is 2.27. The summed E-state index contributed by atoms with van der Waals surface area (Å²) in [7, 11) is 0. The lowest BCUT2D eigenvalue weighted by atomic mass is 10.3. The van der Waals surface area contributed by atoms with Crippen LogP contribution in [0.2, 0.25) is 10.0 Å². The molecular weight excluding hydrogens is 277 g/mol. The molecule has 0 heterocycles. The molecule has 86 valence electrons. The second-order valence-electron chi connectivity index (χ2n) is 2.91. The van der Waals surface area contributed by atoms with Crippen molar-refractivity contribution in [2.24, 2.45) is 0 Å². The Labute approximate surface area is 114 Å². The Morgan fingerprint density at radius 2 is 1.71 bits per heavy atom. The van der Waals surface area contributed by atoms with Crippen LogP contribution in [0.25, 0.3) is 0 Å². The van der Waals surface area contributed by atoms with E-state index in [-0.39, 0.29) is 5.57 Å². The summed E-state index contributed by atoms with van der Waals surface area (Å²) >= 11 is 13.0.